The molecule has 0 spiro atoms. The summed E-state index contributed by atoms with van der Waals surface area (Å²) in [4.78, 5) is 12.3. The molecule has 0 saturated heterocycles. The molecule has 0 bridgehead atoms. The lowest BCUT2D eigenvalue weighted by Crippen LogP contribution is -2.14. The summed E-state index contributed by atoms with van der Waals surface area (Å²) in [5.74, 6) is -0.0816. The van der Waals surface area contributed by atoms with E-state index in [1.165, 1.54) is 11.1 Å². The van der Waals surface area contributed by atoms with Gasteiger partial charge in [-0.25, -0.2) is 0 Å². The number of nitrogens with one attached hydrogen (secondary N) is 2. The van der Waals surface area contributed by atoms with Crippen LogP contribution >= 0.6 is 12.4 Å². The summed E-state index contributed by atoms with van der Waals surface area (Å²) in [5.41, 5.74) is 3.99. The zero-order chi connectivity index (χ0) is 16.2. The van der Waals surface area contributed by atoms with Gasteiger partial charge in [0.05, 0.1) is 0 Å². The van der Waals surface area contributed by atoms with Crippen molar-refractivity contribution >= 4 is 24.0 Å². The molecule has 0 saturated carbocycles. The van der Waals surface area contributed by atoms with Gasteiger partial charge in [0.25, 0.3) is 5.91 Å². The lowest BCUT2D eigenvalue weighted by Gasteiger charge is -2.19. The Morgan fingerprint density at radius 3 is 2.00 bits per heavy atom. The number of hydrogen-bond donors (Lipinski definition) is 2. The molecule has 2 aromatic carbocycles. The van der Waals surface area contributed by atoms with Crippen molar-refractivity contribution in [1.82, 2.24) is 5.32 Å². The smallest absolute Gasteiger partial charge is 0.255 e. The highest BCUT2D eigenvalue weighted by molar-refractivity contribution is 6.04. The van der Waals surface area contributed by atoms with Gasteiger partial charge in [-0.05, 0) is 47.9 Å². The van der Waals surface area contributed by atoms with Gasteiger partial charge in [0, 0.05) is 17.8 Å². The first-order valence-corrected chi connectivity index (χ1v) is 7.55. The first-order chi connectivity index (χ1) is 10.4. The molecule has 0 radical (unpaired) electrons. The number of rotatable bonds is 4. The monoisotopic (exact) mass is 332 g/mol. The van der Waals surface area contributed by atoms with E-state index < -0.39 is 0 Å². The van der Waals surface area contributed by atoms with Gasteiger partial charge in [0.2, 0.25) is 0 Å². The first-order valence-electron chi connectivity index (χ1n) is 7.55. The average Bonchev–Trinajstić information content (AvgIpc) is 2.49. The van der Waals surface area contributed by atoms with E-state index in [4.69, 9.17) is 0 Å². The SMILES string of the molecule is CNCc1ccc(NC(=O)c2ccc(C(C)(C)C)cc2)cc1.Cl. The predicted octanol–water partition coefficient (Wildman–Crippen LogP) is 4.38. The molecule has 0 heterocycles. The highest BCUT2D eigenvalue weighted by Crippen LogP contribution is 2.22. The molecule has 0 aromatic heterocycles. The van der Waals surface area contributed by atoms with E-state index in [1.54, 1.807) is 0 Å². The molecule has 0 aliphatic carbocycles. The number of anilines is 1. The Morgan fingerprint density at radius 1 is 0.957 bits per heavy atom. The van der Waals surface area contributed by atoms with Crippen LogP contribution in [0.15, 0.2) is 48.5 Å². The van der Waals surface area contributed by atoms with Crippen LogP contribution in [0.25, 0.3) is 0 Å². The Morgan fingerprint density at radius 2 is 1.52 bits per heavy atom. The van der Waals surface area contributed by atoms with Crippen LogP contribution < -0.4 is 10.6 Å². The quantitative estimate of drug-likeness (QED) is 0.872. The summed E-state index contributed by atoms with van der Waals surface area (Å²) in [7, 11) is 1.91. The number of halogens is 1. The maximum atomic E-state index is 12.3. The number of amides is 1. The zero-order valence-corrected chi connectivity index (χ0v) is 15.0. The van der Waals surface area contributed by atoms with Crippen molar-refractivity contribution in [2.45, 2.75) is 32.7 Å². The fraction of sp³-hybridized carbons (Fsp3) is 0.316. The van der Waals surface area contributed by atoms with Gasteiger partial charge < -0.3 is 10.6 Å². The van der Waals surface area contributed by atoms with Crippen molar-refractivity contribution < 1.29 is 4.79 Å². The van der Waals surface area contributed by atoms with Gasteiger partial charge in [0.1, 0.15) is 0 Å². The van der Waals surface area contributed by atoms with Crippen LogP contribution in [0.4, 0.5) is 5.69 Å². The highest BCUT2D eigenvalue weighted by atomic mass is 35.5. The second kappa shape index (κ2) is 8.14. The number of carbonyl (C=O) groups is 1. The molecular formula is C19H25ClN2O. The molecule has 124 valence electrons. The Balaban J connectivity index is 0.00000264. The van der Waals surface area contributed by atoms with Gasteiger partial charge in [-0.2, -0.15) is 0 Å². The second-order valence-corrected chi connectivity index (χ2v) is 6.51. The Kier molecular flexibility index (Phi) is 6.79. The molecule has 0 aliphatic heterocycles. The van der Waals surface area contributed by atoms with Crippen LogP contribution in [-0.2, 0) is 12.0 Å². The summed E-state index contributed by atoms with van der Waals surface area (Å²) >= 11 is 0. The van der Waals surface area contributed by atoms with Gasteiger partial charge in [-0.3, -0.25) is 4.79 Å². The van der Waals surface area contributed by atoms with Gasteiger partial charge in [-0.1, -0.05) is 45.0 Å². The van der Waals surface area contributed by atoms with E-state index in [1.807, 2.05) is 55.6 Å². The van der Waals surface area contributed by atoms with Crippen molar-refractivity contribution in [3.63, 3.8) is 0 Å². The molecule has 2 N–H and O–H groups in total. The summed E-state index contributed by atoms with van der Waals surface area (Å²) < 4.78 is 0. The van der Waals surface area contributed by atoms with Gasteiger partial charge in [0.15, 0.2) is 0 Å². The molecule has 23 heavy (non-hydrogen) atoms. The topological polar surface area (TPSA) is 41.1 Å². The van der Waals surface area contributed by atoms with E-state index in [2.05, 4.69) is 31.4 Å². The minimum atomic E-state index is -0.0816. The third kappa shape index (κ3) is 5.38. The van der Waals surface area contributed by atoms with E-state index in [-0.39, 0.29) is 23.7 Å². The Bertz CT molecular complexity index is 628. The third-order valence-corrected chi connectivity index (χ3v) is 3.61. The fourth-order valence-corrected chi connectivity index (χ4v) is 2.23. The summed E-state index contributed by atoms with van der Waals surface area (Å²) in [6, 6.07) is 15.7. The average molecular weight is 333 g/mol. The molecule has 3 nitrogen and oxygen atoms in total. The van der Waals surface area contributed by atoms with Crippen LogP contribution in [0.5, 0.6) is 0 Å². The highest BCUT2D eigenvalue weighted by Gasteiger charge is 2.14. The maximum Gasteiger partial charge on any atom is 0.255 e. The lowest BCUT2D eigenvalue weighted by atomic mass is 9.87. The minimum Gasteiger partial charge on any atom is -0.322 e. The van der Waals surface area contributed by atoms with Crippen LogP contribution in [-0.4, -0.2) is 13.0 Å². The Labute approximate surface area is 144 Å². The fourth-order valence-electron chi connectivity index (χ4n) is 2.23. The molecule has 0 fully saturated rings. The minimum absolute atomic E-state index is 0. The molecule has 0 atom stereocenters. The third-order valence-electron chi connectivity index (χ3n) is 3.61. The van der Waals surface area contributed by atoms with Crippen molar-refractivity contribution in [2.24, 2.45) is 0 Å². The van der Waals surface area contributed by atoms with Crippen molar-refractivity contribution in [1.29, 1.82) is 0 Å². The molecule has 4 heteroatoms. The van der Waals surface area contributed by atoms with E-state index in [9.17, 15) is 4.79 Å². The largest absolute Gasteiger partial charge is 0.322 e. The standard InChI is InChI=1S/C19H24N2O.ClH/c1-19(2,3)16-9-7-15(8-10-16)18(22)21-17-11-5-14(6-12-17)13-20-4;/h5-12,20H,13H2,1-4H3,(H,21,22);1H. The van der Waals surface area contributed by atoms with E-state index >= 15 is 0 Å². The van der Waals surface area contributed by atoms with Gasteiger partial charge in [-0.15, -0.1) is 12.4 Å². The Hall–Kier alpha value is -1.84. The van der Waals surface area contributed by atoms with Crippen LogP contribution in [0.3, 0.4) is 0 Å². The molecule has 0 aliphatic rings. The predicted molar refractivity (Wildman–Crippen MR) is 99.5 cm³/mol. The van der Waals surface area contributed by atoms with Crippen LogP contribution in [0.2, 0.25) is 0 Å². The normalized spacial score (nSPS) is 10.8. The maximum absolute atomic E-state index is 12.3. The first kappa shape index (κ1) is 19.2. The number of hydrogen-bond acceptors (Lipinski definition) is 2. The molecule has 2 aromatic rings. The molecule has 1 amide bonds. The van der Waals surface area contributed by atoms with Crippen molar-refractivity contribution in [3.8, 4) is 0 Å². The number of benzene rings is 2. The van der Waals surface area contributed by atoms with Crippen LogP contribution in [0, 0.1) is 0 Å². The van der Waals surface area contributed by atoms with E-state index in [0.717, 1.165) is 12.2 Å². The zero-order valence-electron chi connectivity index (χ0n) is 14.1. The second-order valence-electron chi connectivity index (χ2n) is 6.51. The molecular weight excluding hydrogens is 308 g/mol. The lowest BCUT2D eigenvalue weighted by molar-refractivity contribution is 0.102. The van der Waals surface area contributed by atoms with Crippen molar-refractivity contribution in [3.05, 3.63) is 65.2 Å². The molecule has 0 unspecified atom stereocenters. The summed E-state index contributed by atoms with van der Waals surface area (Å²) in [6.45, 7) is 7.31. The molecule has 2 rings (SSSR count). The van der Waals surface area contributed by atoms with E-state index in [0.29, 0.717) is 5.56 Å². The number of carbonyl (C=O) groups excluding carboxylic acids is 1. The summed E-state index contributed by atoms with van der Waals surface area (Å²) in [6.07, 6.45) is 0. The van der Waals surface area contributed by atoms with Gasteiger partial charge >= 0.3 is 0 Å². The van der Waals surface area contributed by atoms with Crippen molar-refractivity contribution in [2.75, 3.05) is 12.4 Å². The van der Waals surface area contributed by atoms with Crippen LogP contribution in [0.1, 0.15) is 42.3 Å². The summed E-state index contributed by atoms with van der Waals surface area (Å²) in [5, 5.41) is 6.03.